The van der Waals surface area contributed by atoms with Gasteiger partial charge in [-0.2, -0.15) is 0 Å². The first-order valence-corrected chi connectivity index (χ1v) is 11.1. The summed E-state index contributed by atoms with van der Waals surface area (Å²) in [4.78, 5) is 13.6. The van der Waals surface area contributed by atoms with Crippen molar-refractivity contribution in [2.24, 2.45) is 11.1 Å². The monoisotopic (exact) mass is 433 g/mol. The van der Waals surface area contributed by atoms with Crippen molar-refractivity contribution in [3.05, 3.63) is 46.8 Å². The van der Waals surface area contributed by atoms with E-state index in [2.05, 4.69) is 14.3 Å². The number of fused-ring (bicyclic) bond motifs is 1. The number of hydrogen-bond donors (Lipinski definition) is 1. The van der Waals surface area contributed by atoms with Crippen LogP contribution in [0.3, 0.4) is 0 Å². The van der Waals surface area contributed by atoms with Crippen molar-refractivity contribution < 1.29 is 0 Å². The van der Waals surface area contributed by atoms with Crippen molar-refractivity contribution in [1.29, 1.82) is 0 Å². The number of aromatic nitrogens is 3. The molecule has 1 aliphatic heterocycles. The zero-order valence-corrected chi connectivity index (χ0v) is 17.6. The van der Waals surface area contributed by atoms with Crippen LogP contribution in [0.4, 0.5) is 5.95 Å². The lowest BCUT2D eigenvalue weighted by Crippen LogP contribution is -2.52. The predicted molar refractivity (Wildman–Crippen MR) is 115 cm³/mol. The number of halogens is 2. The van der Waals surface area contributed by atoms with Crippen LogP contribution < -0.4 is 10.6 Å². The van der Waals surface area contributed by atoms with Crippen LogP contribution in [0.5, 0.6) is 0 Å². The molecule has 1 aromatic carbocycles. The number of benzene rings is 1. The van der Waals surface area contributed by atoms with Crippen LogP contribution in [-0.4, -0.2) is 33.5 Å². The Morgan fingerprint density at radius 2 is 1.89 bits per heavy atom. The molecule has 5 rings (SSSR count). The van der Waals surface area contributed by atoms with Crippen molar-refractivity contribution in [3.8, 4) is 0 Å². The third-order valence-corrected chi connectivity index (χ3v) is 8.01. The molecule has 0 unspecified atom stereocenters. The first-order valence-electron chi connectivity index (χ1n) is 9.49. The molecule has 1 aliphatic carbocycles. The Labute approximate surface area is 178 Å². The summed E-state index contributed by atoms with van der Waals surface area (Å²) in [6.07, 6.45) is 10.4. The normalized spacial score (nSPS) is 19.3. The minimum Gasteiger partial charge on any atom is -0.342 e. The number of hydrogen-bond acceptors (Lipinski definition) is 5. The van der Waals surface area contributed by atoms with Gasteiger partial charge < -0.3 is 10.6 Å². The van der Waals surface area contributed by atoms with E-state index in [9.17, 15) is 0 Å². The molecular weight excluding hydrogens is 413 g/mol. The first-order chi connectivity index (χ1) is 13.5. The molecule has 0 radical (unpaired) electrons. The second kappa shape index (κ2) is 7.10. The lowest BCUT2D eigenvalue weighted by molar-refractivity contribution is 0.0709. The molecule has 2 fully saturated rings. The molecule has 28 heavy (non-hydrogen) atoms. The molecule has 2 aliphatic rings. The van der Waals surface area contributed by atoms with Gasteiger partial charge in [0.2, 0.25) is 5.95 Å². The average Bonchev–Trinajstić information content (AvgIpc) is 3.16. The van der Waals surface area contributed by atoms with E-state index in [-0.39, 0.29) is 0 Å². The van der Waals surface area contributed by atoms with Gasteiger partial charge in [-0.25, -0.2) is 9.97 Å². The molecule has 0 atom stereocenters. The van der Waals surface area contributed by atoms with Gasteiger partial charge in [-0.1, -0.05) is 41.0 Å². The van der Waals surface area contributed by atoms with E-state index in [0.717, 1.165) is 34.5 Å². The average molecular weight is 434 g/mol. The fourth-order valence-electron chi connectivity index (χ4n) is 4.51. The molecule has 1 spiro atoms. The molecule has 5 nitrogen and oxygen atoms in total. The smallest absolute Gasteiger partial charge is 0.211 e. The fourth-order valence-corrected chi connectivity index (χ4v) is 5.92. The Morgan fingerprint density at radius 1 is 1.11 bits per heavy atom. The molecule has 8 heteroatoms. The highest BCUT2D eigenvalue weighted by molar-refractivity contribution is 7.99. The third-order valence-electron chi connectivity index (χ3n) is 6.01. The number of imidazole rings is 1. The standard InChI is InChI=1S/C20H21Cl2N5S/c21-14-2-1-3-15(17(14)22)28-16-12-25-19(27-9-6-24-18(16)27)26-7-4-20(5-8-26)10-13(23)11-20/h1-3,6,9,12-13H,4-5,7-8,10-11,23H2. The van der Waals surface area contributed by atoms with Crippen molar-refractivity contribution in [1.82, 2.24) is 14.4 Å². The third kappa shape index (κ3) is 3.16. The summed E-state index contributed by atoms with van der Waals surface area (Å²) in [5.74, 6) is 0.951. The highest BCUT2D eigenvalue weighted by Crippen LogP contribution is 2.48. The van der Waals surface area contributed by atoms with Crippen molar-refractivity contribution in [3.63, 3.8) is 0 Å². The van der Waals surface area contributed by atoms with E-state index in [1.807, 2.05) is 30.7 Å². The number of rotatable bonds is 3. The number of piperidine rings is 1. The van der Waals surface area contributed by atoms with Crippen LogP contribution in [0, 0.1) is 5.41 Å². The van der Waals surface area contributed by atoms with Gasteiger partial charge >= 0.3 is 0 Å². The van der Waals surface area contributed by atoms with Gasteiger partial charge in [-0.3, -0.25) is 4.40 Å². The van der Waals surface area contributed by atoms with E-state index in [1.54, 1.807) is 6.07 Å². The summed E-state index contributed by atoms with van der Waals surface area (Å²) in [7, 11) is 0. The summed E-state index contributed by atoms with van der Waals surface area (Å²) in [6.45, 7) is 2.03. The number of anilines is 1. The summed E-state index contributed by atoms with van der Waals surface area (Å²) in [6, 6.07) is 6.05. The fraction of sp³-hybridized carbons (Fsp3) is 0.400. The minimum absolute atomic E-state index is 0.402. The van der Waals surface area contributed by atoms with Gasteiger partial charge in [-0.05, 0) is 43.2 Å². The summed E-state index contributed by atoms with van der Waals surface area (Å²) in [5, 5.41) is 1.11. The zero-order chi connectivity index (χ0) is 19.3. The van der Waals surface area contributed by atoms with Crippen LogP contribution in [0.2, 0.25) is 10.0 Å². The molecule has 3 heterocycles. The van der Waals surface area contributed by atoms with Crippen LogP contribution in [0.15, 0.2) is 46.6 Å². The summed E-state index contributed by atoms with van der Waals surface area (Å²) in [5.41, 5.74) is 7.39. The van der Waals surface area contributed by atoms with Crippen LogP contribution in [0.1, 0.15) is 25.7 Å². The summed E-state index contributed by atoms with van der Waals surface area (Å²) >= 11 is 14.1. The maximum Gasteiger partial charge on any atom is 0.211 e. The Hall–Kier alpha value is -1.47. The second-order valence-electron chi connectivity index (χ2n) is 7.85. The van der Waals surface area contributed by atoms with Gasteiger partial charge in [-0.15, -0.1) is 0 Å². The lowest BCUT2D eigenvalue weighted by Gasteiger charge is -2.51. The molecule has 1 saturated carbocycles. The quantitative estimate of drug-likeness (QED) is 0.636. The van der Waals surface area contributed by atoms with Crippen LogP contribution in [-0.2, 0) is 0 Å². The SMILES string of the molecule is NC1CC2(CCN(c3ncc(Sc4cccc(Cl)c4Cl)c4nccn34)CC2)C1. The molecule has 0 amide bonds. The molecular formula is C20H21Cl2N5S. The van der Waals surface area contributed by atoms with Crippen molar-refractivity contribution in [2.45, 2.75) is 41.5 Å². The Kier molecular flexibility index (Phi) is 4.70. The maximum absolute atomic E-state index is 6.36. The first kappa shape index (κ1) is 18.6. The number of nitrogens with zero attached hydrogens (tertiary/aromatic N) is 4. The molecule has 2 N–H and O–H groups in total. The second-order valence-corrected chi connectivity index (χ2v) is 9.72. The topological polar surface area (TPSA) is 59.5 Å². The van der Waals surface area contributed by atoms with E-state index >= 15 is 0 Å². The molecule has 146 valence electrons. The molecule has 1 saturated heterocycles. The van der Waals surface area contributed by atoms with E-state index in [0.29, 0.717) is 21.5 Å². The summed E-state index contributed by atoms with van der Waals surface area (Å²) < 4.78 is 2.07. The van der Waals surface area contributed by atoms with E-state index < -0.39 is 0 Å². The lowest BCUT2D eigenvalue weighted by atomic mass is 9.61. The van der Waals surface area contributed by atoms with Crippen molar-refractivity contribution in [2.75, 3.05) is 18.0 Å². The highest BCUT2D eigenvalue weighted by atomic mass is 35.5. The van der Waals surface area contributed by atoms with Crippen LogP contribution in [0.25, 0.3) is 5.65 Å². The Balaban J connectivity index is 1.41. The van der Waals surface area contributed by atoms with E-state index in [4.69, 9.17) is 33.9 Å². The van der Waals surface area contributed by atoms with Crippen molar-refractivity contribution >= 4 is 46.6 Å². The largest absolute Gasteiger partial charge is 0.342 e. The van der Waals surface area contributed by atoms with Gasteiger partial charge in [0.1, 0.15) is 0 Å². The predicted octanol–water partition coefficient (Wildman–Crippen LogP) is 4.90. The van der Waals surface area contributed by atoms with Gasteiger partial charge in [0, 0.05) is 42.6 Å². The highest BCUT2D eigenvalue weighted by Gasteiger charge is 2.44. The van der Waals surface area contributed by atoms with Gasteiger partial charge in [0.15, 0.2) is 5.65 Å². The molecule has 2 aromatic heterocycles. The molecule has 3 aromatic rings. The van der Waals surface area contributed by atoms with Gasteiger partial charge in [0.25, 0.3) is 0 Å². The molecule has 0 bridgehead atoms. The van der Waals surface area contributed by atoms with Gasteiger partial charge in [0.05, 0.1) is 14.9 Å². The zero-order valence-electron chi connectivity index (χ0n) is 15.3. The Bertz CT molecular complexity index is 1020. The number of nitrogens with two attached hydrogens (primary N) is 1. The Morgan fingerprint density at radius 3 is 2.64 bits per heavy atom. The minimum atomic E-state index is 0.402. The maximum atomic E-state index is 6.36. The van der Waals surface area contributed by atoms with Crippen LogP contribution >= 0.6 is 35.0 Å². The van der Waals surface area contributed by atoms with E-state index in [1.165, 1.54) is 37.4 Å².